The lowest BCUT2D eigenvalue weighted by molar-refractivity contribution is -0.384. The molecule has 0 spiro atoms. The molecule has 0 aliphatic carbocycles. The van der Waals surface area contributed by atoms with Crippen molar-refractivity contribution in [1.29, 1.82) is 0 Å². The molecule has 15 nitrogen and oxygen atoms in total. The Labute approximate surface area is 306 Å². The van der Waals surface area contributed by atoms with Crippen molar-refractivity contribution in [2.75, 3.05) is 23.1 Å². The summed E-state index contributed by atoms with van der Waals surface area (Å²) in [6, 6.07) is 24.1. The maximum Gasteiger partial charge on any atom is 0.494 e. The minimum absolute atomic E-state index is 0.0198. The van der Waals surface area contributed by atoms with E-state index in [9.17, 15) is 24.5 Å². The standard InChI is InChI=1S/C37H39BN4O11/c1-36(2)37(3,4)53-38(52-36)27-11-10-26(32(20-27)48-5)23-51-35(45)40-29-14-8-25(9-15-29)21-49-33(43)39-28-12-6-24(7-13-28)22-50-34(44)41-30-16-18-31(19-17-30)42(46)47/h6-20H,21-23H2,1-5H3,(H,39,43)(H,40,45)(H,41,44). The molecule has 1 aliphatic heterocycles. The van der Waals surface area contributed by atoms with Gasteiger partial charge in [-0.2, -0.15) is 0 Å². The van der Waals surface area contributed by atoms with E-state index in [2.05, 4.69) is 16.0 Å². The second kappa shape index (κ2) is 16.5. The monoisotopic (exact) mass is 726 g/mol. The van der Waals surface area contributed by atoms with Crippen LogP contribution in [0.4, 0.5) is 37.1 Å². The molecule has 1 heterocycles. The zero-order valence-electron chi connectivity index (χ0n) is 29.8. The van der Waals surface area contributed by atoms with Crippen LogP contribution in [0.5, 0.6) is 5.75 Å². The van der Waals surface area contributed by atoms with Gasteiger partial charge in [0.15, 0.2) is 0 Å². The molecule has 3 N–H and O–H groups in total. The molecule has 4 aromatic rings. The number of nitro benzene ring substituents is 1. The van der Waals surface area contributed by atoms with Crippen molar-refractivity contribution in [2.45, 2.75) is 58.7 Å². The third-order valence-corrected chi connectivity index (χ3v) is 8.66. The van der Waals surface area contributed by atoms with E-state index in [0.717, 1.165) is 5.46 Å². The first-order valence-corrected chi connectivity index (χ1v) is 16.5. The lowest BCUT2D eigenvalue weighted by Gasteiger charge is -2.32. The van der Waals surface area contributed by atoms with E-state index < -0.39 is 41.5 Å². The van der Waals surface area contributed by atoms with Crippen LogP contribution in [0, 0.1) is 10.1 Å². The fourth-order valence-electron chi connectivity index (χ4n) is 4.94. The summed E-state index contributed by atoms with van der Waals surface area (Å²) < 4.78 is 33.7. The predicted octanol–water partition coefficient (Wildman–Crippen LogP) is 7.15. The number of carbonyl (C=O) groups excluding carboxylic acids is 3. The number of hydrogen-bond donors (Lipinski definition) is 3. The number of amides is 3. The van der Waals surface area contributed by atoms with E-state index in [-0.39, 0.29) is 25.5 Å². The van der Waals surface area contributed by atoms with Crippen molar-refractivity contribution in [1.82, 2.24) is 0 Å². The lowest BCUT2D eigenvalue weighted by Crippen LogP contribution is -2.41. The number of hydrogen-bond acceptors (Lipinski definition) is 11. The van der Waals surface area contributed by atoms with Crippen molar-refractivity contribution in [2.24, 2.45) is 0 Å². The van der Waals surface area contributed by atoms with Crippen molar-refractivity contribution in [3.05, 3.63) is 118 Å². The summed E-state index contributed by atoms with van der Waals surface area (Å²) in [4.78, 5) is 47.2. The van der Waals surface area contributed by atoms with Crippen molar-refractivity contribution in [3.63, 3.8) is 0 Å². The van der Waals surface area contributed by atoms with Crippen LogP contribution in [-0.4, -0.2) is 48.6 Å². The quantitative estimate of drug-likeness (QED) is 0.0583. The van der Waals surface area contributed by atoms with E-state index in [4.69, 9.17) is 28.3 Å². The average molecular weight is 727 g/mol. The number of methoxy groups -OCH3 is 1. The lowest BCUT2D eigenvalue weighted by atomic mass is 9.78. The molecule has 16 heteroatoms. The molecule has 0 bridgehead atoms. The normalized spacial score (nSPS) is 14.1. The number of nitrogens with zero attached hydrogens (tertiary/aromatic N) is 1. The molecule has 0 atom stereocenters. The van der Waals surface area contributed by atoms with Crippen LogP contribution < -0.4 is 26.2 Å². The highest BCUT2D eigenvalue weighted by Crippen LogP contribution is 2.37. The van der Waals surface area contributed by atoms with Crippen LogP contribution in [0.3, 0.4) is 0 Å². The van der Waals surface area contributed by atoms with Gasteiger partial charge in [0.2, 0.25) is 0 Å². The van der Waals surface area contributed by atoms with Crippen LogP contribution in [0.15, 0.2) is 91.0 Å². The van der Waals surface area contributed by atoms with Gasteiger partial charge in [-0.1, -0.05) is 36.4 Å². The summed E-state index contributed by atoms with van der Waals surface area (Å²) in [6.45, 7) is 7.84. The first kappa shape index (κ1) is 38.1. The van der Waals surface area contributed by atoms with Gasteiger partial charge in [0.25, 0.3) is 5.69 Å². The topological polar surface area (TPSA) is 186 Å². The van der Waals surface area contributed by atoms with Gasteiger partial charge in [0.1, 0.15) is 25.6 Å². The Balaban J connectivity index is 1.01. The second-order valence-electron chi connectivity index (χ2n) is 13.0. The van der Waals surface area contributed by atoms with Crippen molar-refractivity contribution in [3.8, 4) is 5.75 Å². The number of anilines is 3. The Kier molecular flexibility index (Phi) is 11.8. The number of rotatable bonds is 12. The maximum atomic E-state index is 12.5. The molecule has 3 amide bonds. The third kappa shape index (κ3) is 10.2. The predicted molar refractivity (Wildman–Crippen MR) is 196 cm³/mol. The minimum atomic E-state index is -0.730. The number of carbonyl (C=O) groups is 3. The third-order valence-electron chi connectivity index (χ3n) is 8.66. The van der Waals surface area contributed by atoms with Crippen LogP contribution >= 0.6 is 0 Å². The molecule has 1 saturated heterocycles. The van der Waals surface area contributed by atoms with Gasteiger partial charge < -0.3 is 28.3 Å². The van der Waals surface area contributed by atoms with Crippen molar-refractivity contribution < 1.29 is 47.6 Å². The summed E-state index contributed by atoms with van der Waals surface area (Å²) in [5.74, 6) is 0.533. The summed E-state index contributed by atoms with van der Waals surface area (Å²) in [5, 5.41) is 18.5. The van der Waals surface area contributed by atoms with Gasteiger partial charge in [0, 0.05) is 34.8 Å². The average Bonchev–Trinajstić information content (AvgIpc) is 3.36. The molecule has 0 aromatic heterocycles. The molecular formula is C37H39BN4O11. The van der Waals surface area contributed by atoms with Gasteiger partial charge in [-0.25, -0.2) is 14.4 Å². The van der Waals surface area contributed by atoms with Crippen LogP contribution in [0.25, 0.3) is 0 Å². The maximum absolute atomic E-state index is 12.5. The van der Waals surface area contributed by atoms with E-state index >= 15 is 0 Å². The summed E-state index contributed by atoms with van der Waals surface area (Å²) in [7, 11) is 0.987. The van der Waals surface area contributed by atoms with Gasteiger partial charge >= 0.3 is 25.4 Å². The highest BCUT2D eigenvalue weighted by molar-refractivity contribution is 6.62. The molecule has 0 radical (unpaired) electrons. The number of non-ortho nitro benzene ring substituents is 1. The van der Waals surface area contributed by atoms with Gasteiger partial charge in [0.05, 0.1) is 23.2 Å². The Morgan fingerprint density at radius 2 is 1.08 bits per heavy atom. The smallest absolute Gasteiger partial charge is 0.494 e. The van der Waals surface area contributed by atoms with Crippen LogP contribution in [0.1, 0.15) is 44.4 Å². The Morgan fingerprint density at radius 1 is 0.660 bits per heavy atom. The number of nitrogens with one attached hydrogen (secondary N) is 3. The van der Waals surface area contributed by atoms with Gasteiger partial charge in [-0.05, 0) is 86.7 Å². The molecule has 4 aromatic carbocycles. The van der Waals surface area contributed by atoms with E-state index in [0.29, 0.717) is 39.5 Å². The minimum Gasteiger partial charge on any atom is -0.496 e. The Hall–Kier alpha value is -6.13. The number of ether oxygens (including phenoxy) is 4. The fraction of sp³-hybridized carbons (Fsp3) is 0.270. The SMILES string of the molecule is COc1cc(B2OC(C)(C)C(C)(C)O2)ccc1COC(=O)Nc1ccc(COC(=O)Nc2ccc(COC(=O)Nc3ccc([N+](=O)[O-])cc3)cc2)cc1. The summed E-state index contributed by atoms with van der Waals surface area (Å²) in [5.41, 5.74) is 3.05. The molecular weight excluding hydrogens is 687 g/mol. The molecule has 53 heavy (non-hydrogen) atoms. The van der Waals surface area contributed by atoms with Crippen molar-refractivity contribution >= 4 is 53.6 Å². The second-order valence-corrected chi connectivity index (χ2v) is 13.0. The Bertz CT molecular complexity index is 1920. The first-order valence-electron chi connectivity index (χ1n) is 16.5. The zero-order valence-corrected chi connectivity index (χ0v) is 29.8. The van der Waals surface area contributed by atoms with E-state index in [1.165, 1.54) is 31.4 Å². The highest BCUT2D eigenvalue weighted by atomic mass is 16.7. The number of benzene rings is 4. The summed E-state index contributed by atoms with van der Waals surface area (Å²) >= 11 is 0. The molecule has 0 unspecified atom stereocenters. The number of nitro groups is 1. The van der Waals surface area contributed by atoms with Crippen LogP contribution in [0.2, 0.25) is 0 Å². The summed E-state index contributed by atoms with van der Waals surface area (Å²) in [6.07, 6.45) is -2.07. The van der Waals surface area contributed by atoms with E-state index in [1.54, 1.807) is 54.6 Å². The molecule has 1 aliphatic rings. The first-order chi connectivity index (χ1) is 25.2. The molecule has 0 saturated carbocycles. The molecule has 276 valence electrons. The fourth-order valence-corrected chi connectivity index (χ4v) is 4.94. The Morgan fingerprint density at radius 3 is 1.49 bits per heavy atom. The molecule has 1 fully saturated rings. The zero-order chi connectivity index (χ0) is 38.2. The largest absolute Gasteiger partial charge is 0.496 e. The van der Waals surface area contributed by atoms with Crippen LogP contribution in [-0.2, 0) is 43.3 Å². The molecule has 5 rings (SSSR count). The highest BCUT2D eigenvalue weighted by Gasteiger charge is 2.51. The van der Waals surface area contributed by atoms with E-state index in [1.807, 2.05) is 39.8 Å². The van der Waals surface area contributed by atoms with Gasteiger partial charge in [-0.3, -0.25) is 26.1 Å². The van der Waals surface area contributed by atoms with Gasteiger partial charge in [-0.15, -0.1) is 0 Å².